The average molecular weight is 365 g/mol. The minimum Gasteiger partial charge on any atom is -0.472 e. The van der Waals surface area contributed by atoms with Crippen LogP contribution in [0.2, 0.25) is 0 Å². The first-order valence-electron chi connectivity index (χ1n) is 6.00. The van der Waals surface area contributed by atoms with Gasteiger partial charge in [0.15, 0.2) is 0 Å². The van der Waals surface area contributed by atoms with Crippen molar-refractivity contribution in [2.75, 3.05) is 0 Å². The van der Waals surface area contributed by atoms with Gasteiger partial charge >= 0.3 is 5.51 Å². The Labute approximate surface area is 138 Å². The van der Waals surface area contributed by atoms with E-state index in [1.54, 1.807) is 0 Å². The first kappa shape index (κ1) is 17.5. The molecule has 1 amide bonds. The third-order valence-corrected chi connectivity index (χ3v) is 3.68. The number of thioether (sulfide) groups is 1. The Hall–Kier alpha value is -1.85. The molecule has 0 unspecified atom stereocenters. The smallest absolute Gasteiger partial charge is 0.446 e. The second-order valence-electron chi connectivity index (χ2n) is 4.13. The molecule has 6 nitrogen and oxygen atoms in total. The van der Waals surface area contributed by atoms with Crippen molar-refractivity contribution in [3.8, 4) is 5.88 Å². The van der Waals surface area contributed by atoms with Crippen molar-refractivity contribution in [2.24, 2.45) is 0 Å². The molecule has 0 aliphatic rings. The van der Waals surface area contributed by atoms with Crippen LogP contribution in [0.5, 0.6) is 5.88 Å². The zero-order valence-electron chi connectivity index (χ0n) is 11.2. The normalized spacial score (nSPS) is 11.3. The molecule has 0 aliphatic heterocycles. The molecule has 1 aromatic carbocycles. The number of nitrogens with one attached hydrogen (secondary N) is 1. The molecule has 0 aliphatic carbocycles. The number of carbonyl (C=O) groups excluding carboxylic acids is 1. The first-order valence-corrected chi connectivity index (χ1v) is 7.21. The summed E-state index contributed by atoms with van der Waals surface area (Å²) in [5, 5.41) is 12.5. The zero-order chi connectivity index (χ0) is 17.0. The lowest BCUT2D eigenvalue weighted by molar-refractivity contribution is -0.0328. The van der Waals surface area contributed by atoms with Gasteiger partial charge in [-0.05, 0) is 36.7 Å². The molecule has 11 heteroatoms. The Morgan fingerprint density at radius 2 is 2.17 bits per heavy atom. The summed E-state index contributed by atoms with van der Waals surface area (Å²) in [4.78, 5) is 11.4. The van der Waals surface area contributed by atoms with E-state index in [0.717, 1.165) is 4.09 Å². The second-order valence-corrected chi connectivity index (χ2v) is 5.65. The summed E-state index contributed by atoms with van der Waals surface area (Å²) in [6.07, 6.45) is 1.47. The maximum absolute atomic E-state index is 12.6. The number of benzene rings is 1. The predicted octanol–water partition coefficient (Wildman–Crippen LogP) is 2.89. The van der Waals surface area contributed by atoms with Gasteiger partial charge in [-0.15, -0.1) is 5.10 Å². The van der Waals surface area contributed by atoms with Crippen LogP contribution in [0.25, 0.3) is 0 Å². The summed E-state index contributed by atoms with van der Waals surface area (Å²) < 4.78 is 44.4. The van der Waals surface area contributed by atoms with Crippen LogP contribution in [-0.2, 0) is 6.61 Å². The monoisotopic (exact) mass is 365 g/mol. The number of aromatic nitrogens is 2. The second kappa shape index (κ2) is 7.15. The van der Waals surface area contributed by atoms with E-state index in [9.17, 15) is 18.0 Å². The third-order valence-electron chi connectivity index (χ3n) is 2.62. The van der Waals surface area contributed by atoms with E-state index in [0.29, 0.717) is 0 Å². The summed E-state index contributed by atoms with van der Waals surface area (Å²) in [7, 11) is 0. The van der Waals surface area contributed by atoms with Crippen LogP contribution in [0.3, 0.4) is 0 Å². The average Bonchev–Trinajstić information content (AvgIpc) is 2.89. The summed E-state index contributed by atoms with van der Waals surface area (Å²) in [5.74, 6) is -0.810. The molecule has 0 bridgehead atoms. The van der Waals surface area contributed by atoms with Crippen molar-refractivity contribution >= 4 is 30.5 Å². The molecule has 2 aromatic rings. The Bertz CT molecular complexity index is 706. The van der Waals surface area contributed by atoms with Gasteiger partial charge in [0.25, 0.3) is 5.91 Å². The Morgan fingerprint density at radius 3 is 2.74 bits per heavy atom. The highest BCUT2D eigenvalue weighted by Crippen LogP contribution is 2.39. The zero-order valence-corrected chi connectivity index (χ0v) is 13.0. The largest absolute Gasteiger partial charge is 0.472 e. The number of halogens is 3. The van der Waals surface area contributed by atoms with Crippen LogP contribution >= 0.6 is 24.6 Å². The molecule has 23 heavy (non-hydrogen) atoms. The predicted molar refractivity (Wildman–Crippen MR) is 78.5 cm³/mol. The van der Waals surface area contributed by atoms with Crippen LogP contribution in [0.4, 0.5) is 13.2 Å². The summed E-state index contributed by atoms with van der Waals surface area (Å²) in [6, 6.07) is 5.23. The van der Waals surface area contributed by atoms with Crippen LogP contribution in [-0.4, -0.2) is 25.8 Å². The maximum atomic E-state index is 12.6. The fraction of sp³-hybridized carbons (Fsp3) is 0.167. The Morgan fingerprint density at radius 1 is 1.43 bits per heavy atom. The number of rotatable bonds is 5. The topological polar surface area (TPSA) is 76.4 Å². The van der Waals surface area contributed by atoms with Gasteiger partial charge in [-0.1, -0.05) is 6.07 Å². The van der Waals surface area contributed by atoms with Gasteiger partial charge in [0.2, 0.25) is 5.88 Å². The molecular formula is C12H10F3N3O3S2. The number of nitrogens with zero attached hydrogens (tertiary/aromatic N) is 2. The Balaban J connectivity index is 2.33. The quantitative estimate of drug-likeness (QED) is 0.329. The van der Waals surface area contributed by atoms with Gasteiger partial charge in [0.1, 0.15) is 6.61 Å². The van der Waals surface area contributed by atoms with Gasteiger partial charge in [0, 0.05) is 28.3 Å². The number of amides is 1. The third kappa shape index (κ3) is 4.81. The standard InChI is InChI=1S/C12H10F3N3O3S2/c13-12(14,15)23-9-3-1-2-7(11(19)17-20)8(9)6-21-10-4-5-18(22)16-10/h1-5,20,22H,6H2,(H,17,19). The van der Waals surface area contributed by atoms with E-state index < -0.39 is 11.4 Å². The molecule has 0 fully saturated rings. The van der Waals surface area contributed by atoms with E-state index >= 15 is 0 Å². The van der Waals surface area contributed by atoms with E-state index in [1.165, 1.54) is 35.9 Å². The fourth-order valence-corrected chi connectivity index (χ4v) is 2.57. The summed E-state index contributed by atoms with van der Waals surface area (Å²) in [6.45, 7) is -0.340. The van der Waals surface area contributed by atoms with Crippen molar-refractivity contribution in [1.29, 1.82) is 0 Å². The molecule has 1 heterocycles. The minimum atomic E-state index is -4.53. The molecule has 124 valence electrons. The van der Waals surface area contributed by atoms with Crippen molar-refractivity contribution in [3.63, 3.8) is 0 Å². The first-order chi connectivity index (χ1) is 10.8. The highest BCUT2D eigenvalue weighted by Gasteiger charge is 2.31. The summed E-state index contributed by atoms with van der Waals surface area (Å²) >= 11 is 3.53. The molecule has 0 atom stereocenters. The Kier molecular flexibility index (Phi) is 5.44. The highest BCUT2D eigenvalue weighted by molar-refractivity contribution is 8.00. The van der Waals surface area contributed by atoms with Crippen molar-refractivity contribution in [3.05, 3.63) is 41.6 Å². The van der Waals surface area contributed by atoms with E-state index in [-0.39, 0.29) is 40.3 Å². The number of thiol groups is 1. The van der Waals surface area contributed by atoms with E-state index in [2.05, 4.69) is 17.9 Å². The van der Waals surface area contributed by atoms with Crippen LogP contribution in [0, 0.1) is 0 Å². The minimum absolute atomic E-state index is 0.0184. The molecule has 1 aromatic heterocycles. The lowest BCUT2D eigenvalue weighted by atomic mass is 10.1. The molecule has 0 saturated heterocycles. The molecular weight excluding hydrogens is 355 g/mol. The maximum Gasteiger partial charge on any atom is 0.446 e. The lowest BCUT2D eigenvalue weighted by Crippen LogP contribution is -2.21. The van der Waals surface area contributed by atoms with Gasteiger partial charge in [0.05, 0.1) is 0 Å². The number of hydrogen-bond donors (Lipinski definition) is 3. The van der Waals surface area contributed by atoms with Gasteiger partial charge in [-0.25, -0.2) is 9.57 Å². The highest BCUT2D eigenvalue weighted by atomic mass is 32.2. The van der Waals surface area contributed by atoms with Gasteiger partial charge in [-0.2, -0.15) is 13.2 Å². The fourth-order valence-electron chi connectivity index (χ4n) is 1.73. The number of alkyl halides is 3. The summed E-state index contributed by atoms with van der Waals surface area (Å²) in [5.41, 5.74) is -3.29. The number of carbonyl (C=O) groups is 1. The van der Waals surface area contributed by atoms with Crippen LogP contribution < -0.4 is 10.2 Å². The van der Waals surface area contributed by atoms with Crippen molar-refractivity contribution in [1.82, 2.24) is 14.7 Å². The molecule has 2 rings (SSSR count). The molecule has 0 spiro atoms. The van der Waals surface area contributed by atoms with E-state index in [1.807, 2.05) is 0 Å². The lowest BCUT2D eigenvalue weighted by Gasteiger charge is -2.14. The SMILES string of the molecule is O=C(NO)c1cccc(SC(F)(F)F)c1COc1ccn(S)n1. The van der Waals surface area contributed by atoms with Gasteiger partial charge in [-0.3, -0.25) is 10.0 Å². The van der Waals surface area contributed by atoms with E-state index in [4.69, 9.17) is 9.94 Å². The number of hydrogen-bond acceptors (Lipinski definition) is 6. The van der Waals surface area contributed by atoms with Crippen molar-refractivity contribution in [2.45, 2.75) is 17.0 Å². The van der Waals surface area contributed by atoms with Gasteiger partial charge < -0.3 is 4.74 Å². The van der Waals surface area contributed by atoms with Crippen LogP contribution in [0.1, 0.15) is 15.9 Å². The number of ether oxygens (including phenoxy) is 1. The molecule has 0 radical (unpaired) electrons. The molecule has 0 saturated carbocycles. The molecule has 2 N–H and O–H groups in total. The van der Waals surface area contributed by atoms with Crippen molar-refractivity contribution < 1.29 is 27.9 Å². The van der Waals surface area contributed by atoms with Crippen LogP contribution in [0.15, 0.2) is 35.4 Å². The number of hydroxylamine groups is 1.